The second kappa shape index (κ2) is 4.51. The lowest BCUT2D eigenvalue weighted by atomic mass is 9.93. The van der Waals surface area contributed by atoms with E-state index in [1.807, 2.05) is 0 Å². The number of carbonyl (C=O) groups is 1. The first-order valence-corrected chi connectivity index (χ1v) is 4.51. The largest absolute Gasteiger partial charge is 0.478 e. The highest BCUT2D eigenvalue weighted by Gasteiger charge is 2.58. The van der Waals surface area contributed by atoms with Gasteiger partial charge in [-0.15, -0.1) is 0 Å². The Labute approximate surface area is 96.8 Å². The summed E-state index contributed by atoms with van der Waals surface area (Å²) in [5.74, 6) is -5.65. The van der Waals surface area contributed by atoms with E-state index in [1.54, 1.807) is 0 Å². The fourth-order valence-electron chi connectivity index (χ4n) is 1.48. The van der Waals surface area contributed by atoms with Gasteiger partial charge in [0.25, 0.3) is 0 Å². The molecule has 1 aromatic carbocycles. The molecule has 18 heavy (non-hydrogen) atoms. The first-order valence-electron chi connectivity index (χ1n) is 4.51. The van der Waals surface area contributed by atoms with E-state index in [9.17, 15) is 31.1 Å². The maximum atomic E-state index is 12.4. The predicted molar refractivity (Wildman–Crippen MR) is 48.3 cm³/mol. The standard InChI is InChI=1S/C10H6F6O2/c11-9(12,13)7(10(14,15)16)5-3-1-2-4-6(5)8(17)18/h1-4,7H,(H,17,18). The molecule has 0 heterocycles. The van der Waals surface area contributed by atoms with Gasteiger partial charge in [-0.25, -0.2) is 4.79 Å². The highest BCUT2D eigenvalue weighted by Crippen LogP contribution is 2.47. The van der Waals surface area contributed by atoms with Gasteiger partial charge in [-0.2, -0.15) is 26.3 Å². The average molecular weight is 272 g/mol. The molecule has 2 nitrogen and oxygen atoms in total. The topological polar surface area (TPSA) is 37.3 Å². The lowest BCUT2D eigenvalue weighted by Crippen LogP contribution is -2.35. The molecule has 1 N–H and O–H groups in total. The molecule has 100 valence electrons. The van der Waals surface area contributed by atoms with Crippen LogP contribution in [0.25, 0.3) is 0 Å². The van der Waals surface area contributed by atoms with Crippen molar-refractivity contribution in [1.82, 2.24) is 0 Å². The summed E-state index contributed by atoms with van der Waals surface area (Å²) in [5, 5.41) is 8.61. The van der Waals surface area contributed by atoms with Crippen molar-refractivity contribution in [2.45, 2.75) is 18.3 Å². The third-order valence-electron chi connectivity index (χ3n) is 2.16. The van der Waals surface area contributed by atoms with E-state index in [4.69, 9.17) is 5.11 Å². The van der Waals surface area contributed by atoms with Crippen molar-refractivity contribution in [2.24, 2.45) is 0 Å². The van der Waals surface area contributed by atoms with Crippen LogP contribution in [-0.4, -0.2) is 23.4 Å². The monoisotopic (exact) mass is 272 g/mol. The van der Waals surface area contributed by atoms with Gasteiger partial charge in [0.1, 0.15) is 0 Å². The van der Waals surface area contributed by atoms with Gasteiger partial charge in [-0.1, -0.05) is 18.2 Å². The van der Waals surface area contributed by atoms with Gasteiger partial charge in [-0.05, 0) is 11.6 Å². The van der Waals surface area contributed by atoms with Gasteiger partial charge < -0.3 is 5.11 Å². The van der Waals surface area contributed by atoms with Crippen LogP contribution in [0, 0.1) is 0 Å². The van der Waals surface area contributed by atoms with Crippen molar-refractivity contribution in [3.8, 4) is 0 Å². The molecule has 0 aromatic heterocycles. The summed E-state index contributed by atoms with van der Waals surface area (Å²) in [6, 6.07) is 3.18. The normalized spacial score (nSPS) is 12.8. The number of hydrogen-bond acceptors (Lipinski definition) is 1. The fourth-order valence-corrected chi connectivity index (χ4v) is 1.48. The molecule has 0 amide bonds. The third-order valence-corrected chi connectivity index (χ3v) is 2.16. The van der Waals surface area contributed by atoms with Crippen molar-refractivity contribution < 1.29 is 36.2 Å². The van der Waals surface area contributed by atoms with Crippen LogP contribution in [0.15, 0.2) is 24.3 Å². The molecular formula is C10H6F6O2. The number of carboxylic acids is 1. The molecule has 1 rings (SSSR count). The molecule has 0 spiro atoms. The zero-order valence-corrected chi connectivity index (χ0v) is 8.51. The van der Waals surface area contributed by atoms with Gasteiger partial charge in [0.15, 0.2) is 5.92 Å². The summed E-state index contributed by atoms with van der Waals surface area (Å²) in [5.41, 5.74) is -2.33. The highest BCUT2D eigenvalue weighted by atomic mass is 19.4. The molecular weight excluding hydrogens is 266 g/mol. The number of hydrogen-bond donors (Lipinski definition) is 1. The van der Waals surface area contributed by atoms with Crippen LogP contribution >= 0.6 is 0 Å². The Morgan fingerprint density at radius 2 is 1.44 bits per heavy atom. The minimum absolute atomic E-state index is 0.509. The van der Waals surface area contributed by atoms with Crippen molar-refractivity contribution in [3.05, 3.63) is 35.4 Å². The number of benzene rings is 1. The first-order chi connectivity index (χ1) is 8.05. The second-order valence-electron chi connectivity index (χ2n) is 3.41. The van der Waals surface area contributed by atoms with Crippen LogP contribution in [0.5, 0.6) is 0 Å². The molecule has 0 unspecified atom stereocenters. The van der Waals surface area contributed by atoms with Crippen LogP contribution < -0.4 is 0 Å². The van der Waals surface area contributed by atoms with Gasteiger partial charge >= 0.3 is 18.3 Å². The number of rotatable bonds is 2. The van der Waals surface area contributed by atoms with E-state index < -0.39 is 35.4 Å². The maximum Gasteiger partial charge on any atom is 0.404 e. The van der Waals surface area contributed by atoms with Crippen LogP contribution in [0.4, 0.5) is 26.3 Å². The average Bonchev–Trinajstić information content (AvgIpc) is 2.13. The van der Waals surface area contributed by atoms with E-state index >= 15 is 0 Å². The lowest BCUT2D eigenvalue weighted by Gasteiger charge is -2.24. The first kappa shape index (κ1) is 14.3. The molecule has 8 heteroatoms. The van der Waals surface area contributed by atoms with Crippen LogP contribution in [-0.2, 0) is 0 Å². The fraction of sp³-hybridized carbons (Fsp3) is 0.300. The van der Waals surface area contributed by atoms with E-state index in [0.717, 1.165) is 12.1 Å². The van der Waals surface area contributed by atoms with Gasteiger partial charge in [0.05, 0.1) is 5.56 Å². The highest BCUT2D eigenvalue weighted by molar-refractivity contribution is 5.89. The van der Waals surface area contributed by atoms with Gasteiger partial charge in [0, 0.05) is 0 Å². The van der Waals surface area contributed by atoms with E-state index in [2.05, 4.69) is 0 Å². The van der Waals surface area contributed by atoms with Crippen molar-refractivity contribution >= 4 is 5.97 Å². The summed E-state index contributed by atoms with van der Waals surface area (Å²) in [6.07, 6.45) is -11.2. The Hall–Kier alpha value is -1.73. The molecule has 0 aliphatic rings. The Bertz CT molecular complexity index is 434. The van der Waals surface area contributed by atoms with Gasteiger partial charge in [0.2, 0.25) is 0 Å². The van der Waals surface area contributed by atoms with Crippen LogP contribution in [0.2, 0.25) is 0 Å². The number of carboxylic acid groups (broad SMARTS) is 1. The SMILES string of the molecule is O=C(O)c1ccccc1C(C(F)(F)F)C(F)(F)F. The van der Waals surface area contributed by atoms with Crippen LogP contribution in [0.3, 0.4) is 0 Å². The molecule has 0 bridgehead atoms. The number of aromatic carboxylic acids is 1. The minimum atomic E-state index is -5.61. The number of halogens is 6. The summed E-state index contributed by atoms with van der Waals surface area (Å²) in [7, 11) is 0. The lowest BCUT2D eigenvalue weighted by molar-refractivity contribution is -0.253. The van der Waals surface area contributed by atoms with Crippen molar-refractivity contribution in [3.63, 3.8) is 0 Å². The molecule has 1 aromatic rings. The summed E-state index contributed by atoms with van der Waals surface area (Å²) >= 11 is 0. The second-order valence-corrected chi connectivity index (χ2v) is 3.41. The summed E-state index contributed by atoms with van der Waals surface area (Å²) < 4.78 is 74.6. The predicted octanol–water partition coefficient (Wildman–Crippen LogP) is 3.59. The molecule has 0 saturated carbocycles. The van der Waals surface area contributed by atoms with Crippen LogP contribution in [0.1, 0.15) is 21.8 Å². The zero-order chi connectivity index (χ0) is 14.1. The van der Waals surface area contributed by atoms with Crippen molar-refractivity contribution in [1.29, 1.82) is 0 Å². The molecule has 0 fully saturated rings. The maximum absolute atomic E-state index is 12.4. The van der Waals surface area contributed by atoms with E-state index in [0.29, 0.717) is 12.1 Å². The third kappa shape index (κ3) is 2.93. The zero-order valence-electron chi connectivity index (χ0n) is 8.51. The van der Waals surface area contributed by atoms with Gasteiger partial charge in [-0.3, -0.25) is 0 Å². The molecule has 0 aliphatic heterocycles. The Balaban J connectivity index is 3.45. The summed E-state index contributed by atoms with van der Waals surface area (Å²) in [4.78, 5) is 10.6. The minimum Gasteiger partial charge on any atom is -0.478 e. The molecule has 0 radical (unpaired) electrons. The quantitative estimate of drug-likeness (QED) is 0.835. The molecule has 0 saturated heterocycles. The summed E-state index contributed by atoms with van der Waals surface area (Å²) in [6.45, 7) is 0. The molecule has 0 aliphatic carbocycles. The Morgan fingerprint density at radius 1 is 1.00 bits per heavy atom. The Kier molecular flexibility index (Phi) is 3.59. The molecule has 0 atom stereocenters. The van der Waals surface area contributed by atoms with E-state index in [-0.39, 0.29) is 0 Å². The van der Waals surface area contributed by atoms with E-state index in [1.165, 1.54) is 0 Å². The van der Waals surface area contributed by atoms with Crippen molar-refractivity contribution in [2.75, 3.05) is 0 Å². The smallest absolute Gasteiger partial charge is 0.404 e. The number of alkyl halides is 6. The Morgan fingerprint density at radius 3 is 1.83 bits per heavy atom.